The summed E-state index contributed by atoms with van der Waals surface area (Å²) in [6.45, 7) is 0.153. The standard InChI is InChI=1S/C12H15ClO4/c1-16-12(15)6-9-2-4-11(5-3-9)17-8-10(14)7-13/h2-5,10,14H,6-8H2,1H3. The Balaban J connectivity index is 2.47. The highest BCUT2D eigenvalue weighted by molar-refractivity contribution is 6.18. The summed E-state index contributed by atoms with van der Waals surface area (Å²) in [6, 6.07) is 7.02. The molecule has 94 valence electrons. The van der Waals surface area contributed by atoms with Crippen LogP contribution in [0.4, 0.5) is 0 Å². The van der Waals surface area contributed by atoms with Crippen LogP contribution in [0.5, 0.6) is 5.75 Å². The largest absolute Gasteiger partial charge is 0.491 e. The molecule has 1 rings (SSSR count). The number of aliphatic hydroxyl groups excluding tert-OH is 1. The number of alkyl halides is 1. The van der Waals surface area contributed by atoms with Crippen molar-refractivity contribution in [3.05, 3.63) is 29.8 Å². The third-order valence-corrected chi connectivity index (χ3v) is 2.48. The van der Waals surface area contributed by atoms with Gasteiger partial charge < -0.3 is 14.6 Å². The average Bonchev–Trinajstić information content (AvgIpc) is 2.37. The number of aliphatic hydroxyl groups is 1. The fraction of sp³-hybridized carbons (Fsp3) is 0.417. The van der Waals surface area contributed by atoms with Crippen molar-refractivity contribution in [3.63, 3.8) is 0 Å². The van der Waals surface area contributed by atoms with Crippen LogP contribution in [-0.2, 0) is 16.0 Å². The first kappa shape index (κ1) is 13.8. The fourth-order valence-corrected chi connectivity index (χ4v) is 1.27. The van der Waals surface area contributed by atoms with Crippen LogP contribution in [0, 0.1) is 0 Å². The van der Waals surface area contributed by atoms with Gasteiger partial charge in [0.05, 0.1) is 19.4 Å². The van der Waals surface area contributed by atoms with Gasteiger partial charge in [-0.15, -0.1) is 11.6 Å². The Labute approximate surface area is 105 Å². The van der Waals surface area contributed by atoms with Crippen LogP contribution in [0.15, 0.2) is 24.3 Å². The maximum atomic E-state index is 11.0. The molecule has 0 aliphatic heterocycles. The molecule has 1 unspecified atom stereocenters. The Kier molecular flexibility index (Phi) is 5.80. The Morgan fingerprint density at radius 2 is 2.06 bits per heavy atom. The van der Waals surface area contributed by atoms with Crippen LogP contribution in [-0.4, -0.2) is 36.8 Å². The zero-order valence-corrected chi connectivity index (χ0v) is 10.3. The normalized spacial score (nSPS) is 11.9. The molecular formula is C12H15ClO4. The molecule has 0 bridgehead atoms. The molecule has 5 heteroatoms. The van der Waals surface area contributed by atoms with Crippen molar-refractivity contribution in [2.75, 3.05) is 19.6 Å². The van der Waals surface area contributed by atoms with Gasteiger partial charge in [-0.25, -0.2) is 0 Å². The highest BCUT2D eigenvalue weighted by Gasteiger charge is 2.05. The molecule has 1 atom stereocenters. The molecule has 1 aromatic rings. The van der Waals surface area contributed by atoms with Crippen molar-refractivity contribution < 1.29 is 19.4 Å². The van der Waals surface area contributed by atoms with E-state index in [9.17, 15) is 9.90 Å². The topological polar surface area (TPSA) is 55.8 Å². The summed E-state index contributed by atoms with van der Waals surface area (Å²) in [5.74, 6) is 0.486. The van der Waals surface area contributed by atoms with Crippen LogP contribution in [0.1, 0.15) is 5.56 Å². The number of ether oxygens (including phenoxy) is 2. The molecule has 0 heterocycles. The monoisotopic (exact) mass is 258 g/mol. The smallest absolute Gasteiger partial charge is 0.309 e. The molecule has 4 nitrogen and oxygen atoms in total. The molecule has 0 saturated heterocycles. The second kappa shape index (κ2) is 7.14. The highest BCUT2D eigenvalue weighted by atomic mass is 35.5. The second-order valence-corrected chi connectivity index (χ2v) is 3.82. The SMILES string of the molecule is COC(=O)Cc1ccc(OCC(O)CCl)cc1. The Morgan fingerprint density at radius 1 is 1.41 bits per heavy atom. The number of methoxy groups -OCH3 is 1. The fourth-order valence-electron chi connectivity index (χ4n) is 1.18. The maximum Gasteiger partial charge on any atom is 0.309 e. The lowest BCUT2D eigenvalue weighted by molar-refractivity contribution is -0.139. The van der Waals surface area contributed by atoms with E-state index in [-0.39, 0.29) is 24.9 Å². The van der Waals surface area contributed by atoms with Crippen LogP contribution < -0.4 is 4.74 Å². The van der Waals surface area contributed by atoms with Gasteiger partial charge in [0, 0.05) is 0 Å². The summed E-state index contributed by atoms with van der Waals surface area (Å²) in [4.78, 5) is 11.0. The van der Waals surface area contributed by atoms with Gasteiger partial charge in [0.2, 0.25) is 0 Å². The van der Waals surface area contributed by atoms with Gasteiger partial charge in [-0.05, 0) is 17.7 Å². The molecule has 1 aromatic carbocycles. The molecule has 0 aromatic heterocycles. The Morgan fingerprint density at radius 3 is 2.59 bits per heavy atom. The zero-order chi connectivity index (χ0) is 12.7. The predicted octanol–water partition coefficient (Wildman–Crippen LogP) is 1.38. The quantitative estimate of drug-likeness (QED) is 0.619. The molecule has 0 aliphatic rings. The van der Waals surface area contributed by atoms with Gasteiger partial charge in [0.1, 0.15) is 18.5 Å². The molecule has 0 spiro atoms. The lowest BCUT2D eigenvalue weighted by Crippen LogP contribution is -2.18. The van der Waals surface area contributed by atoms with Gasteiger partial charge >= 0.3 is 5.97 Å². The number of hydrogen-bond donors (Lipinski definition) is 1. The summed E-state index contributed by atoms with van der Waals surface area (Å²) in [6.07, 6.45) is -0.437. The Bertz CT molecular complexity index is 350. The van der Waals surface area contributed by atoms with Crippen molar-refractivity contribution >= 4 is 17.6 Å². The van der Waals surface area contributed by atoms with E-state index in [0.29, 0.717) is 5.75 Å². The van der Waals surface area contributed by atoms with E-state index in [1.807, 2.05) is 0 Å². The maximum absolute atomic E-state index is 11.0. The van der Waals surface area contributed by atoms with Gasteiger partial charge in [-0.3, -0.25) is 4.79 Å². The number of esters is 1. The minimum Gasteiger partial charge on any atom is -0.491 e. The van der Waals surface area contributed by atoms with Crippen molar-refractivity contribution in [2.45, 2.75) is 12.5 Å². The number of rotatable bonds is 6. The average molecular weight is 259 g/mol. The van der Waals surface area contributed by atoms with Gasteiger partial charge in [0.15, 0.2) is 0 Å². The second-order valence-electron chi connectivity index (χ2n) is 3.52. The molecule has 0 fully saturated rings. The molecule has 17 heavy (non-hydrogen) atoms. The minimum absolute atomic E-state index is 0.139. The summed E-state index contributed by atoms with van der Waals surface area (Å²) >= 11 is 5.44. The van der Waals surface area contributed by atoms with Crippen LogP contribution in [0.25, 0.3) is 0 Å². The third kappa shape index (κ3) is 5.06. The first-order chi connectivity index (χ1) is 8.15. The predicted molar refractivity (Wildman–Crippen MR) is 64.4 cm³/mol. The van der Waals surface area contributed by atoms with Crippen LogP contribution in [0.3, 0.4) is 0 Å². The van der Waals surface area contributed by atoms with Gasteiger partial charge in [0.25, 0.3) is 0 Å². The summed E-state index contributed by atoms with van der Waals surface area (Å²) < 4.78 is 9.85. The van der Waals surface area contributed by atoms with E-state index in [4.69, 9.17) is 16.3 Å². The van der Waals surface area contributed by atoms with Crippen LogP contribution in [0.2, 0.25) is 0 Å². The molecular weight excluding hydrogens is 244 g/mol. The van der Waals surface area contributed by atoms with Crippen molar-refractivity contribution in [1.82, 2.24) is 0 Å². The minimum atomic E-state index is -0.675. The van der Waals surface area contributed by atoms with Crippen molar-refractivity contribution in [2.24, 2.45) is 0 Å². The highest BCUT2D eigenvalue weighted by Crippen LogP contribution is 2.13. The van der Waals surface area contributed by atoms with E-state index < -0.39 is 6.10 Å². The molecule has 0 saturated carbocycles. The van der Waals surface area contributed by atoms with Gasteiger partial charge in [-0.2, -0.15) is 0 Å². The summed E-state index contributed by atoms with van der Waals surface area (Å²) in [7, 11) is 1.35. The van der Waals surface area contributed by atoms with Crippen molar-refractivity contribution in [1.29, 1.82) is 0 Å². The number of halogens is 1. The first-order valence-corrected chi connectivity index (χ1v) is 5.71. The number of benzene rings is 1. The van der Waals surface area contributed by atoms with Crippen LogP contribution >= 0.6 is 11.6 Å². The summed E-state index contributed by atoms with van der Waals surface area (Å²) in [5, 5.41) is 9.21. The lowest BCUT2D eigenvalue weighted by atomic mass is 10.1. The molecule has 0 amide bonds. The number of carbonyl (C=O) groups excluding carboxylic acids is 1. The van der Waals surface area contributed by atoms with E-state index in [1.54, 1.807) is 24.3 Å². The number of hydrogen-bond acceptors (Lipinski definition) is 4. The van der Waals surface area contributed by atoms with E-state index in [1.165, 1.54) is 7.11 Å². The lowest BCUT2D eigenvalue weighted by Gasteiger charge is -2.09. The molecule has 1 N–H and O–H groups in total. The van der Waals surface area contributed by atoms with Crippen molar-refractivity contribution in [3.8, 4) is 5.75 Å². The zero-order valence-electron chi connectivity index (χ0n) is 9.56. The molecule has 0 radical (unpaired) electrons. The third-order valence-electron chi connectivity index (χ3n) is 2.12. The number of carbonyl (C=O) groups is 1. The van der Waals surface area contributed by atoms with E-state index in [2.05, 4.69) is 4.74 Å². The van der Waals surface area contributed by atoms with Gasteiger partial charge in [-0.1, -0.05) is 12.1 Å². The molecule has 0 aliphatic carbocycles. The van der Waals surface area contributed by atoms with E-state index in [0.717, 1.165) is 5.56 Å². The first-order valence-electron chi connectivity index (χ1n) is 5.18. The van der Waals surface area contributed by atoms with E-state index >= 15 is 0 Å². The summed E-state index contributed by atoms with van der Waals surface area (Å²) in [5.41, 5.74) is 0.849. The Hall–Kier alpha value is -1.26.